The summed E-state index contributed by atoms with van der Waals surface area (Å²) < 4.78 is 5.38. The molecular weight excluding hydrogens is 384 g/mol. The average molecular weight is 415 g/mol. The van der Waals surface area contributed by atoms with E-state index < -0.39 is 0 Å². The molecule has 1 aromatic heterocycles. The molecule has 2 aliphatic rings. The van der Waals surface area contributed by atoms with Gasteiger partial charge in [-0.3, -0.25) is 4.90 Å². The van der Waals surface area contributed by atoms with Crippen LogP contribution in [0.5, 0.6) is 0 Å². The lowest BCUT2D eigenvalue weighted by atomic mass is 10.2. The zero-order chi connectivity index (χ0) is 19.9. The zero-order valence-electron chi connectivity index (χ0n) is 16.9. The van der Waals surface area contributed by atoms with Gasteiger partial charge < -0.3 is 19.6 Å². The van der Waals surface area contributed by atoms with Crippen LogP contribution in [-0.4, -0.2) is 85.5 Å². The van der Waals surface area contributed by atoms with Crippen molar-refractivity contribution in [2.45, 2.75) is 16.2 Å². The molecule has 29 heavy (non-hydrogen) atoms. The molecule has 0 bridgehead atoms. The minimum atomic E-state index is 0.105. The summed E-state index contributed by atoms with van der Waals surface area (Å²) in [5, 5.41) is 8.77. The minimum absolute atomic E-state index is 0.105. The van der Waals surface area contributed by atoms with Gasteiger partial charge in [0.25, 0.3) is 0 Å². The van der Waals surface area contributed by atoms with Crippen LogP contribution < -0.4 is 4.90 Å². The van der Waals surface area contributed by atoms with E-state index in [2.05, 4.69) is 50.0 Å². The predicted octanol–water partition coefficient (Wildman–Crippen LogP) is 2.70. The Bertz CT molecular complexity index is 737. The SMILES string of the molecule is OCCOCCN1CCN(CCCN2c3ccccc3Sc3cccnc32)CC1. The lowest BCUT2D eigenvalue weighted by molar-refractivity contribution is 0.0575. The number of hydrogen-bond donors (Lipinski definition) is 1. The fourth-order valence-electron chi connectivity index (χ4n) is 3.94. The summed E-state index contributed by atoms with van der Waals surface area (Å²) >= 11 is 1.81. The molecule has 1 aromatic carbocycles. The van der Waals surface area contributed by atoms with Crippen molar-refractivity contribution in [1.29, 1.82) is 0 Å². The lowest BCUT2D eigenvalue weighted by Crippen LogP contribution is -2.47. The third kappa shape index (κ3) is 5.29. The second-order valence-electron chi connectivity index (χ2n) is 7.42. The highest BCUT2D eigenvalue weighted by molar-refractivity contribution is 7.99. The molecule has 2 aromatic rings. The van der Waals surface area contributed by atoms with Gasteiger partial charge in [-0.2, -0.15) is 0 Å². The van der Waals surface area contributed by atoms with Crippen LogP contribution >= 0.6 is 11.8 Å². The van der Waals surface area contributed by atoms with Crippen LogP contribution in [0.15, 0.2) is 52.4 Å². The van der Waals surface area contributed by atoms with E-state index in [4.69, 9.17) is 9.84 Å². The normalized spacial score (nSPS) is 17.2. The highest BCUT2D eigenvalue weighted by Crippen LogP contribution is 2.46. The van der Waals surface area contributed by atoms with Gasteiger partial charge in [0.2, 0.25) is 0 Å². The van der Waals surface area contributed by atoms with Crippen LogP contribution in [0.4, 0.5) is 11.5 Å². The zero-order valence-corrected chi connectivity index (χ0v) is 17.7. The van der Waals surface area contributed by atoms with Crippen LogP contribution in [0.2, 0.25) is 0 Å². The highest BCUT2D eigenvalue weighted by Gasteiger charge is 2.24. The first kappa shape index (κ1) is 20.6. The van der Waals surface area contributed by atoms with Gasteiger partial charge in [0.15, 0.2) is 0 Å². The quantitative estimate of drug-likeness (QED) is 0.633. The molecule has 4 rings (SSSR count). The number of ether oxygens (including phenoxy) is 1. The molecular formula is C22H30N4O2S. The molecule has 1 saturated heterocycles. The van der Waals surface area contributed by atoms with Crippen molar-refractivity contribution in [2.24, 2.45) is 0 Å². The monoisotopic (exact) mass is 414 g/mol. The van der Waals surface area contributed by atoms with Crippen LogP contribution in [0.1, 0.15) is 6.42 Å². The molecule has 0 amide bonds. The molecule has 6 nitrogen and oxygen atoms in total. The van der Waals surface area contributed by atoms with Crippen molar-refractivity contribution < 1.29 is 9.84 Å². The molecule has 3 heterocycles. The Morgan fingerprint density at radius 1 is 0.897 bits per heavy atom. The third-order valence-corrected chi connectivity index (χ3v) is 6.59. The molecule has 0 radical (unpaired) electrons. The van der Waals surface area contributed by atoms with Gasteiger partial charge in [0.1, 0.15) is 5.82 Å². The van der Waals surface area contributed by atoms with Gasteiger partial charge in [0, 0.05) is 50.4 Å². The summed E-state index contributed by atoms with van der Waals surface area (Å²) in [6.07, 6.45) is 3.01. The summed E-state index contributed by atoms with van der Waals surface area (Å²) in [7, 11) is 0. The summed E-state index contributed by atoms with van der Waals surface area (Å²) in [5.41, 5.74) is 1.27. The Balaban J connectivity index is 1.27. The first-order chi connectivity index (χ1) is 14.3. The number of para-hydroxylation sites is 1. The van der Waals surface area contributed by atoms with Gasteiger partial charge in [-0.25, -0.2) is 4.98 Å². The van der Waals surface area contributed by atoms with Crippen molar-refractivity contribution in [3.8, 4) is 0 Å². The molecule has 2 aliphatic heterocycles. The van der Waals surface area contributed by atoms with E-state index in [-0.39, 0.29) is 6.61 Å². The molecule has 156 valence electrons. The van der Waals surface area contributed by atoms with Crippen molar-refractivity contribution in [1.82, 2.24) is 14.8 Å². The number of pyridine rings is 1. The number of fused-ring (bicyclic) bond motifs is 2. The summed E-state index contributed by atoms with van der Waals surface area (Å²) in [6, 6.07) is 12.8. The molecule has 0 atom stereocenters. The number of piperazine rings is 1. The largest absolute Gasteiger partial charge is 0.394 e. The van der Waals surface area contributed by atoms with Gasteiger partial charge in [-0.15, -0.1) is 0 Å². The van der Waals surface area contributed by atoms with Gasteiger partial charge >= 0.3 is 0 Å². The Labute approximate surface area is 177 Å². The molecule has 0 saturated carbocycles. The van der Waals surface area contributed by atoms with Gasteiger partial charge in [0.05, 0.1) is 30.4 Å². The van der Waals surface area contributed by atoms with Gasteiger partial charge in [-0.1, -0.05) is 23.9 Å². The van der Waals surface area contributed by atoms with Crippen LogP contribution in [0, 0.1) is 0 Å². The third-order valence-electron chi connectivity index (χ3n) is 5.49. The number of aromatic nitrogens is 1. The Morgan fingerprint density at radius 3 is 2.48 bits per heavy atom. The average Bonchev–Trinajstić information content (AvgIpc) is 2.77. The van der Waals surface area contributed by atoms with Crippen LogP contribution in [0.3, 0.4) is 0 Å². The standard InChI is InChI=1S/C22H30N4O2S/c27-16-18-28-17-15-25-13-11-24(12-14-25)9-4-10-26-19-5-1-2-6-20(19)29-21-7-3-8-23-22(21)26/h1-3,5-8,27H,4,9-18H2. The molecule has 7 heteroatoms. The number of rotatable bonds is 9. The molecule has 0 unspecified atom stereocenters. The topological polar surface area (TPSA) is 52.1 Å². The Kier molecular flexibility index (Phi) is 7.40. The van der Waals surface area contributed by atoms with E-state index >= 15 is 0 Å². The Hall–Kier alpha value is -1.64. The minimum Gasteiger partial charge on any atom is -0.394 e. The fraction of sp³-hybridized carbons (Fsp3) is 0.500. The van der Waals surface area contributed by atoms with Crippen molar-refractivity contribution >= 4 is 23.3 Å². The smallest absolute Gasteiger partial charge is 0.147 e. The Morgan fingerprint density at radius 2 is 1.66 bits per heavy atom. The predicted molar refractivity (Wildman–Crippen MR) is 117 cm³/mol. The van der Waals surface area contributed by atoms with E-state index in [0.29, 0.717) is 13.2 Å². The molecule has 0 spiro atoms. The summed E-state index contributed by atoms with van der Waals surface area (Å²) in [6.45, 7) is 8.72. The van der Waals surface area contributed by atoms with E-state index in [9.17, 15) is 0 Å². The molecule has 1 N–H and O–H groups in total. The first-order valence-corrected chi connectivity index (χ1v) is 11.3. The summed E-state index contributed by atoms with van der Waals surface area (Å²) in [5.74, 6) is 1.09. The maximum absolute atomic E-state index is 8.77. The first-order valence-electron chi connectivity index (χ1n) is 10.5. The van der Waals surface area contributed by atoms with Crippen molar-refractivity contribution in [2.75, 3.05) is 70.5 Å². The van der Waals surface area contributed by atoms with Gasteiger partial charge in [-0.05, 0) is 37.2 Å². The van der Waals surface area contributed by atoms with E-state index in [1.54, 1.807) is 0 Å². The van der Waals surface area contributed by atoms with E-state index in [0.717, 1.165) is 58.1 Å². The number of aliphatic hydroxyl groups is 1. The van der Waals surface area contributed by atoms with E-state index in [1.807, 2.05) is 24.0 Å². The fourth-order valence-corrected chi connectivity index (χ4v) is 5.01. The van der Waals surface area contributed by atoms with Crippen molar-refractivity contribution in [3.05, 3.63) is 42.6 Å². The van der Waals surface area contributed by atoms with Crippen LogP contribution in [0.25, 0.3) is 0 Å². The van der Waals surface area contributed by atoms with Crippen molar-refractivity contribution in [3.63, 3.8) is 0 Å². The molecule has 0 aliphatic carbocycles. The van der Waals surface area contributed by atoms with E-state index in [1.165, 1.54) is 15.5 Å². The lowest BCUT2D eigenvalue weighted by Gasteiger charge is -2.36. The highest BCUT2D eigenvalue weighted by atomic mass is 32.2. The second kappa shape index (κ2) is 10.4. The van der Waals surface area contributed by atoms with Crippen LogP contribution in [-0.2, 0) is 4.74 Å². The summed E-state index contributed by atoms with van der Waals surface area (Å²) in [4.78, 5) is 14.6. The maximum Gasteiger partial charge on any atom is 0.147 e. The maximum atomic E-state index is 8.77. The number of nitrogens with zero attached hydrogens (tertiary/aromatic N) is 4. The molecule has 1 fully saturated rings. The number of aliphatic hydroxyl groups excluding tert-OH is 1. The number of anilines is 2. The number of benzene rings is 1. The number of hydrogen-bond acceptors (Lipinski definition) is 7. The second-order valence-corrected chi connectivity index (χ2v) is 8.50.